The van der Waals surface area contributed by atoms with Gasteiger partial charge in [-0.05, 0) is 20.8 Å². The lowest BCUT2D eigenvalue weighted by atomic mass is 9.98. The van der Waals surface area contributed by atoms with Gasteiger partial charge in [0.2, 0.25) is 0 Å². The van der Waals surface area contributed by atoms with Gasteiger partial charge < -0.3 is 5.11 Å². The lowest BCUT2D eigenvalue weighted by molar-refractivity contribution is -0.145. The Morgan fingerprint density at radius 2 is 1.50 bits per heavy atom. The Morgan fingerprint density at radius 3 is 1.50 bits per heavy atom. The predicted molar refractivity (Wildman–Crippen MR) is 42.5 cm³/mol. The van der Waals surface area contributed by atoms with Crippen molar-refractivity contribution in [3.8, 4) is 0 Å². The van der Waals surface area contributed by atoms with Gasteiger partial charge in [0, 0.05) is 0 Å². The summed E-state index contributed by atoms with van der Waals surface area (Å²) in [5.41, 5.74) is -0.583. The second kappa shape index (κ2) is 3.27. The molecule has 0 amide bonds. The summed E-state index contributed by atoms with van der Waals surface area (Å²) in [4.78, 5) is 10.0. The minimum absolute atomic E-state index is 0. The quantitative estimate of drug-likeness (QED) is 0.643. The van der Waals surface area contributed by atoms with Crippen molar-refractivity contribution >= 4 is 29.9 Å². The highest BCUT2D eigenvalue weighted by atomic mass is 127. The van der Waals surface area contributed by atoms with E-state index in [2.05, 4.69) is 0 Å². The van der Waals surface area contributed by atoms with E-state index in [1.807, 2.05) is 0 Å². The summed E-state index contributed by atoms with van der Waals surface area (Å²) in [6.45, 7) is 4.99. The molecule has 0 fully saturated rings. The van der Waals surface area contributed by atoms with Crippen LogP contribution in [-0.4, -0.2) is 11.1 Å². The topological polar surface area (TPSA) is 37.3 Å². The van der Waals surface area contributed by atoms with E-state index >= 15 is 0 Å². The molecule has 0 saturated heterocycles. The average molecular weight is 230 g/mol. The van der Waals surface area contributed by atoms with Gasteiger partial charge >= 0.3 is 5.97 Å². The number of rotatable bonds is 0. The Morgan fingerprint density at radius 1 is 1.38 bits per heavy atom. The summed E-state index contributed by atoms with van der Waals surface area (Å²) in [7, 11) is 0. The molecule has 0 aliphatic heterocycles. The maximum atomic E-state index is 10.0. The minimum atomic E-state index is -0.757. The Hall–Kier alpha value is 0.200. The fourth-order valence-electron chi connectivity index (χ4n) is 0. The number of halogens is 1. The van der Waals surface area contributed by atoms with Crippen molar-refractivity contribution < 1.29 is 9.90 Å². The van der Waals surface area contributed by atoms with E-state index in [0.29, 0.717) is 0 Å². The van der Waals surface area contributed by atoms with E-state index in [1.54, 1.807) is 20.8 Å². The minimum Gasteiger partial charge on any atom is -0.481 e. The zero-order valence-electron chi connectivity index (χ0n) is 5.26. The van der Waals surface area contributed by atoms with Crippen LogP contribution >= 0.6 is 24.0 Å². The highest BCUT2D eigenvalue weighted by molar-refractivity contribution is 14.0. The smallest absolute Gasteiger partial charge is 0.308 e. The van der Waals surface area contributed by atoms with Crippen LogP contribution < -0.4 is 0 Å². The summed E-state index contributed by atoms with van der Waals surface area (Å²) in [5.74, 6) is -0.757. The summed E-state index contributed by atoms with van der Waals surface area (Å²) >= 11 is 0. The van der Waals surface area contributed by atoms with Crippen LogP contribution in [0.25, 0.3) is 0 Å². The Bertz CT molecular complexity index is 82.9. The molecule has 2 nitrogen and oxygen atoms in total. The van der Waals surface area contributed by atoms with E-state index in [9.17, 15) is 4.79 Å². The molecule has 0 aromatic heterocycles. The molecule has 0 rings (SSSR count). The Labute approximate surface area is 66.3 Å². The molecular formula is C5H11IO2. The fourth-order valence-corrected chi connectivity index (χ4v) is 0. The first-order valence-corrected chi connectivity index (χ1v) is 2.18. The second-order valence-electron chi connectivity index (χ2n) is 2.56. The summed E-state index contributed by atoms with van der Waals surface area (Å²) < 4.78 is 0. The van der Waals surface area contributed by atoms with E-state index in [-0.39, 0.29) is 24.0 Å². The number of hydrogen-bond acceptors (Lipinski definition) is 1. The molecule has 1 N–H and O–H groups in total. The molecule has 0 radical (unpaired) electrons. The first kappa shape index (κ1) is 11.1. The van der Waals surface area contributed by atoms with E-state index in [1.165, 1.54) is 0 Å². The first-order valence-electron chi connectivity index (χ1n) is 2.18. The van der Waals surface area contributed by atoms with E-state index < -0.39 is 11.4 Å². The SMILES string of the molecule is CC(C)(C)C(=O)O.I. The monoisotopic (exact) mass is 230 g/mol. The molecule has 3 heteroatoms. The van der Waals surface area contributed by atoms with Gasteiger partial charge in [-0.15, -0.1) is 24.0 Å². The molecule has 50 valence electrons. The fraction of sp³-hybridized carbons (Fsp3) is 0.800. The average Bonchev–Trinajstić information content (AvgIpc) is 1.31. The van der Waals surface area contributed by atoms with Crippen molar-refractivity contribution in [3.63, 3.8) is 0 Å². The van der Waals surface area contributed by atoms with Gasteiger partial charge in [0.15, 0.2) is 0 Å². The van der Waals surface area contributed by atoms with Crippen LogP contribution in [0, 0.1) is 5.41 Å². The van der Waals surface area contributed by atoms with E-state index in [4.69, 9.17) is 5.11 Å². The summed E-state index contributed by atoms with van der Waals surface area (Å²) in [6, 6.07) is 0. The van der Waals surface area contributed by atoms with Crippen molar-refractivity contribution in [2.45, 2.75) is 20.8 Å². The second-order valence-corrected chi connectivity index (χ2v) is 2.56. The molecule has 0 aliphatic carbocycles. The molecule has 0 bridgehead atoms. The zero-order chi connectivity index (χ0) is 6.08. The van der Waals surface area contributed by atoms with Crippen LogP contribution in [0.2, 0.25) is 0 Å². The third kappa shape index (κ3) is 4.36. The maximum absolute atomic E-state index is 10.0. The Kier molecular flexibility index (Phi) is 4.52. The third-order valence-corrected chi connectivity index (χ3v) is 0.642. The lowest BCUT2D eigenvalue weighted by Gasteiger charge is -2.08. The molecule has 0 saturated carbocycles. The van der Waals surface area contributed by atoms with Gasteiger partial charge in [-0.2, -0.15) is 0 Å². The van der Waals surface area contributed by atoms with Gasteiger partial charge in [-0.1, -0.05) is 0 Å². The number of carboxylic acid groups (broad SMARTS) is 1. The van der Waals surface area contributed by atoms with Crippen LogP contribution in [0.15, 0.2) is 0 Å². The van der Waals surface area contributed by atoms with Gasteiger partial charge in [0.1, 0.15) is 0 Å². The van der Waals surface area contributed by atoms with Crippen LogP contribution in [0.4, 0.5) is 0 Å². The lowest BCUT2D eigenvalue weighted by Crippen LogP contribution is -2.18. The van der Waals surface area contributed by atoms with Gasteiger partial charge in [0.25, 0.3) is 0 Å². The molecule has 0 aromatic rings. The predicted octanol–water partition coefficient (Wildman–Crippen LogP) is 1.74. The molecule has 0 spiro atoms. The van der Waals surface area contributed by atoms with Crippen molar-refractivity contribution in [3.05, 3.63) is 0 Å². The molecular weight excluding hydrogens is 219 g/mol. The normalized spacial score (nSPS) is 9.88. The van der Waals surface area contributed by atoms with E-state index in [0.717, 1.165) is 0 Å². The van der Waals surface area contributed by atoms with Gasteiger partial charge in [-0.25, -0.2) is 0 Å². The molecule has 8 heavy (non-hydrogen) atoms. The van der Waals surface area contributed by atoms with Crippen LogP contribution in [0.5, 0.6) is 0 Å². The van der Waals surface area contributed by atoms with Crippen molar-refractivity contribution in [2.24, 2.45) is 5.41 Å². The number of carboxylic acids is 1. The summed E-state index contributed by atoms with van der Waals surface area (Å²) in [5, 5.41) is 8.25. The first-order chi connectivity index (χ1) is 2.94. The number of carbonyl (C=O) groups is 1. The van der Waals surface area contributed by atoms with Crippen LogP contribution in [-0.2, 0) is 4.79 Å². The van der Waals surface area contributed by atoms with Crippen LogP contribution in [0.1, 0.15) is 20.8 Å². The number of aliphatic carboxylic acids is 1. The molecule has 0 heterocycles. The van der Waals surface area contributed by atoms with Crippen molar-refractivity contribution in [1.29, 1.82) is 0 Å². The zero-order valence-corrected chi connectivity index (χ0v) is 7.59. The molecule has 0 aromatic carbocycles. The molecule has 0 unspecified atom stereocenters. The van der Waals surface area contributed by atoms with Crippen molar-refractivity contribution in [2.75, 3.05) is 0 Å². The number of hydrogen-bond donors (Lipinski definition) is 1. The largest absolute Gasteiger partial charge is 0.481 e. The molecule has 0 atom stereocenters. The Balaban J connectivity index is 0. The maximum Gasteiger partial charge on any atom is 0.308 e. The van der Waals surface area contributed by atoms with Crippen LogP contribution in [0.3, 0.4) is 0 Å². The highest BCUT2D eigenvalue weighted by Crippen LogP contribution is 2.11. The molecule has 0 aliphatic rings. The highest BCUT2D eigenvalue weighted by Gasteiger charge is 2.18. The third-order valence-electron chi connectivity index (χ3n) is 0.642. The summed E-state index contributed by atoms with van der Waals surface area (Å²) in [6.07, 6.45) is 0. The standard InChI is InChI=1S/C5H10O2.HI/c1-5(2,3)4(6)7;/h1-3H3,(H,6,7);1H. The van der Waals surface area contributed by atoms with Gasteiger partial charge in [-0.3, -0.25) is 4.79 Å². The van der Waals surface area contributed by atoms with Crippen molar-refractivity contribution in [1.82, 2.24) is 0 Å². The van der Waals surface area contributed by atoms with Gasteiger partial charge in [0.05, 0.1) is 5.41 Å².